The lowest BCUT2D eigenvalue weighted by atomic mass is 9.67. The van der Waals surface area contributed by atoms with Crippen LogP contribution in [0.25, 0.3) is 0 Å². The number of amides is 1. The molecule has 11 nitrogen and oxygen atoms in total. The summed E-state index contributed by atoms with van der Waals surface area (Å²) < 4.78 is 25.7. The minimum absolute atomic E-state index is 0.0336. The highest BCUT2D eigenvalue weighted by Crippen LogP contribution is 2.54. The number of benzene rings is 1. The standard InChI is InChI=1S/C23H26N2O9/c1-5-32-16(26)12-25-15-9-7-6-8-14(15)23(22(25)29)17(21(28)33-11-10-30-3)13(2)34-19(24)18(23)20(27)31-4/h6-9H,5,10-12,24H2,1-4H3. The summed E-state index contributed by atoms with van der Waals surface area (Å²) in [6, 6.07) is 6.44. The average Bonchev–Trinajstić information content (AvgIpc) is 3.02. The van der Waals surface area contributed by atoms with Gasteiger partial charge in [-0.05, 0) is 19.9 Å². The number of fused-ring (bicyclic) bond motifs is 2. The molecule has 1 aromatic carbocycles. The van der Waals surface area contributed by atoms with Gasteiger partial charge in [0.25, 0.3) is 0 Å². The minimum Gasteiger partial charge on any atom is -0.465 e. The van der Waals surface area contributed by atoms with Gasteiger partial charge in [-0.25, -0.2) is 9.59 Å². The van der Waals surface area contributed by atoms with Crippen LogP contribution in [0.3, 0.4) is 0 Å². The van der Waals surface area contributed by atoms with Crippen LogP contribution in [0.15, 0.2) is 47.1 Å². The number of anilines is 1. The highest BCUT2D eigenvalue weighted by atomic mass is 16.6. The van der Waals surface area contributed by atoms with Crippen molar-refractivity contribution < 1.29 is 42.9 Å². The SMILES string of the molecule is CCOC(=O)CN1C(=O)C2(C(C(=O)OCCOC)=C(C)OC(N)=C2C(=O)OC)c2ccccc21. The van der Waals surface area contributed by atoms with Gasteiger partial charge in [0.1, 0.15) is 35.5 Å². The predicted molar refractivity (Wildman–Crippen MR) is 117 cm³/mol. The fourth-order valence-corrected chi connectivity index (χ4v) is 4.21. The number of carbonyl (C=O) groups is 4. The molecule has 0 aromatic heterocycles. The first-order valence-electron chi connectivity index (χ1n) is 10.5. The highest BCUT2D eigenvalue weighted by molar-refractivity contribution is 6.23. The summed E-state index contributed by atoms with van der Waals surface area (Å²) in [7, 11) is 2.55. The third-order valence-electron chi connectivity index (χ3n) is 5.48. The van der Waals surface area contributed by atoms with E-state index in [-0.39, 0.29) is 42.3 Å². The van der Waals surface area contributed by atoms with Gasteiger partial charge in [-0.1, -0.05) is 18.2 Å². The zero-order valence-corrected chi connectivity index (χ0v) is 19.3. The quantitative estimate of drug-likeness (QED) is 0.324. The molecule has 0 fully saturated rings. The van der Waals surface area contributed by atoms with Crippen LogP contribution in [0.5, 0.6) is 0 Å². The van der Waals surface area contributed by atoms with E-state index in [4.69, 9.17) is 29.4 Å². The first kappa shape index (κ1) is 24.8. The maximum Gasteiger partial charge on any atom is 0.340 e. The van der Waals surface area contributed by atoms with Crippen molar-refractivity contribution in [3.8, 4) is 0 Å². The second-order valence-corrected chi connectivity index (χ2v) is 7.36. The summed E-state index contributed by atoms with van der Waals surface area (Å²) in [6.45, 7) is 2.71. The first-order chi connectivity index (χ1) is 16.2. The Kier molecular flexibility index (Phi) is 7.26. The molecule has 182 valence electrons. The Morgan fingerprint density at radius 2 is 1.76 bits per heavy atom. The molecule has 1 atom stereocenters. The van der Waals surface area contributed by atoms with Gasteiger partial charge in [-0.3, -0.25) is 14.5 Å². The molecule has 0 radical (unpaired) electrons. The molecular weight excluding hydrogens is 448 g/mol. The number of ether oxygens (including phenoxy) is 5. The van der Waals surface area contributed by atoms with Crippen LogP contribution in [-0.4, -0.2) is 64.4 Å². The van der Waals surface area contributed by atoms with Crippen molar-refractivity contribution in [2.45, 2.75) is 19.3 Å². The molecule has 34 heavy (non-hydrogen) atoms. The lowest BCUT2D eigenvalue weighted by Crippen LogP contribution is -2.51. The van der Waals surface area contributed by atoms with E-state index in [0.717, 1.165) is 12.0 Å². The number of hydrogen-bond donors (Lipinski definition) is 1. The summed E-state index contributed by atoms with van der Waals surface area (Å²) in [4.78, 5) is 53.9. The normalized spacial score (nSPS) is 19.2. The first-order valence-corrected chi connectivity index (χ1v) is 10.5. The second-order valence-electron chi connectivity index (χ2n) is 7.36. The van der Waals surface area contributed by atoms with Gasteiger partial charge in [0.05, 0.1) is 20.3 Å². The van der Waals surface area contributed by atoms with Crippen LogP contribution in [0, 0.1) is 0 Å². The molecule has 0 bridgehead atoms. The lowest BCUT2D eigenvalue weighted by molar-refractivity contribution is -0.144. The van der Waals surface area contributed by atoms with Gasteiger partial charge in [-0.2, -0.15) is 0 Å². The third kappa shape index (κ3) is 3.87. The molecule has 1 unspecified atom stereocenters. The number of esters is 3. The summed E-state index contributed by atoms with van der Waals surface area (Å²) in [5.74, 6) is -3.77. The Bertz CT molecular complexity index is 1090. The van der Waals surface area contributed by atoms with E-state index in [1.54, 1.807) is 31.2 Å². The second kappa shape index (κ2) is 9.96. The number of nitrogens with zero attached hydrogens (tertiary/aromatic N) is 1. The Balaban J connectivity index is 2.29. The molecule has 1 spiro atoms. The predicted octanol–water partition coefficient (Wildman–Crippen LogP) is 0.671. The van der Waals surface area contributed by atoms with Crippen molar-refractivity contribution >= 4 is 29.5 Å². The lowest BCUT2D eigenvalue weighted by Gasteiger charge is -2.36. The van der Waals surface area contributed by atoms with Gasteiger partial charge in [0.2, 0.25) is 11.8 Å². The van der Waals surface area contributed by atoms with Gasteiger partial charge in [0.15, 0.2) is 0 Å². The number of rotatable bonds is 8. The Hall–Kier alpha value is -3.86. The largest absolute Gasteiger partial charge is 0.465 e. The topological polar surface area (TPSA) is 144 Å². The van der Waals surface area contributed by atoms with Gasteiger partial charge in [0, 0.05) is 18.4 Å². The maximum absolute atomic E-state index is 14.1. The molecule has 1 amide bonds. The molecule has 2 aliphatic heterocycles. The molecule has 1 aromatic rings. The van der Waals surface area contributed by atoms with Crippen LogP contribution in [0.1, 0.15) is 19.4 Å². The number of allylic oxidation sites excluding steroid dienone is 1. The number of para-hydroxylation sites is 1. The van der Waals surface area contributed by atoms with E-state index >= 15 is 0 Å². The van der Waals surface area contributed by atoms with Crippen molar-refractivity contribution in [2.75, 3.05) is 45.5 Å². The third-order valence-corrected chi connectivity index (χ3v) is 5.48. The van der Waals surface area contributed by atoms with Crippen LogP contribution >= 0.6 is 0 Å². The minimum atomic E-state index is -2.06. The van der Waals surface area contributed by atoms with E-state index in [2.05, 4.69) is 0 Å². The Morgan fingerprint density at radius 1 is 1.06 bits per heavy atom. The molecular formula is C23H26N2O9. The van der Waals surface area contributed by atoms with E-state index < -0.39 is 41.7 Å². The molecule has 11 heteroatoms. The summed E-state index contributed by atoms with van der Waals surface area (Å²) in [5, 5.41) is 0. The van der Waals surface area contributed by atoms with Crippen LogP contribution in [0.2, 0.25) is 0 Å². The fourth-order valence-electron chi connectivity index (χ4n) is 4.21. The number of nitrogens with two attached hydrogens (primary N) is 1. The Morgan fingerprint density at radius 3 is 2.41 bits per heavy atom. The van der Waals surface area contributed by atoms with Gasteiger partial charge < -0.3 is 29.4 Å². The van der Waals surface area contributed by atoms with E-state index in [9.17, 15) is 19.2 Å². The zero-order valence-electron chi connectivity index (χ0n) is 19.3. The van der Waals surface area contributed by atoms with Gasteiger partial charge >= 0.3 is 17.9 Å². The Labute approximate surface area is 196 Å². The number of methoxy groups -OCH3 is 2. The smallest absolute Gasteiger partial charge is 0.340 e. The van der Waals surface area contributed by atoms with Crippen LogP contribution < -0.4 is 10.6 Å². The molecule has 0 saturated heterocycles. The van der Waals surface area contributed by atoms with E-state index in [1.807, 2.05) is 0 Å². The van der Waals surface area contributed by atoms with Crippen molar-refractivity contribution in [3.05, 3.63) is 52.6 Å². The van der Waals surface area contributed by atoms with E-state index in [1.165, 1.54) is 14.0 Å². The molecule has 0 saturated carbocycles. The van der Waals surface area contributed by atoms with Crippen molar-refractivity contribution in [2.24, 2.45) is 5.73 Å². The molecule has 0 aliphatic carbocycles. The van der Waals surface area contributed by atoms with Crippen molar-refractivity contribution in [3.63, 3.8) is 0 Å². The number of carbonyl (C=O) groups excluding carboxylic acids is 4. The van der Waals surface area contributed by atoms with Crippen LogP contribution in [-0.2, 0) is 48.3 Å². The maximum atomic E-state index is 14.1. The van der Waals surface area contributed by atoms with Crippen molar-refractivity contribution in [1.82, 2.24) is 0 Å². The van der Waals surface area contributed by atoms with Crippen LogP contribution in [0.4, 0.5) is 5.69 Å². The average molecular weight is 474 g/mol. The summed E-state index contributed by atoms with van der Waals surface area (Å²) in [6.07, 6.45) is 0. The highest BCUT2D eigenvalue weighted by Gasteiger charge is 2.64. The molecule has 2 heterocycles. The zero-order chi connectivity index (χ0) is 25.0. The molecule has 3 rings (SSSR count). The fraction of sp³-hybridized carbons (Fsp3) is 0.391. The summed E-state index contributed by atoms with van der Waals surface area (Å²) in [5.41, 5.74) is 3.93. The van der Waals surface area contributed by atoms with E-state index in [0.29, 0.717) is 5.69 Å². The molecule has 2 N–H and O–H groups in total. The molecule has 2 aliphatic rings. The van der Waals surface area contributed by atoms with Crippen molar-refractivity contribution in [1.29, 1.82) is 0 Å². The number of hydrogen-bond acceptors (Lipinski definition) is 10. The summed E-state index contributed by atoms with van der Waals surface area (Å²) >= 11 is 0. The monoisotopic (exact) mass is 474 g/mol. The van der Waals surface area contributed by atoms with Gasteiger partial charge in [-0.15, -0.1) is 0 Å².